The van der Waals surface area contributed by atoms with Crippen LogP contribution >= 0.6 is 0 Å². The Hall–Kier alpha value is -1.73. The molecule has 3 heteroatoms. The van der Waals surface area contributed by atoms with Gasteiger partial charge in [0, 0.05) is 22.7 Å². The minimum atomic E-state index is 0. The Labute approximate surface area is 289 Å². The molecule has 2 nitrogen and oxygen atoms in total. The van der Waals surface area contributed by atoms with Gasteiger partial charge in [-0.3, -0.25) is 9.98 Å². The third kappa shape index (κ3) is 22.4. The summed E-state index contributed by atoms with van der Waals surface area (Å²) in [6.07, 6.45) is 35.2. The molecule has 0 N–H and O–H groups in total. The van der Waals surface area contributed by atoms with Crippen molar-refractivity contribution >= 4 is 23.3 Å². The predicted octanol–water partition coefficient (Wildman–Crippen LogP) is 14.3. The van der Waals surface area contributed by atoms with E-state index in [4.69, 9.17) is 9.98 Å². The standard InChI is InChI=1S/C42H68N2.Ni/c1-4-7-10-13-15-17-19-21-23-26-38-29-33-40(34-30-38)43-37-42(28-25-12-9-6-3)44-41-35-31-39(32-36-41)27-24-22-20-18-16-14-11-8-5-2;/h29-37H,4-28H2,1-3H3;. The number of nitrogens with zero attached hydrogens (tertiary/aromatic N) is 2. The molecule has 0 aromatic heterocycles. The van der Waals surface area contributed by atoms with Crippen molar-refractivity contribution in [1.82, 2.24) is 0 Å². The van der Waals surface area contributed by atoms with Crippen LogP contribution in [-0.2, 0) is 29.3 Å². The zero-order valence-corrected chi connectivity index (χ0v) is 30.6. The van der Waals surface area contributed by atoms with E-state index in [0.29, 0.717) is 0 Å². The average Bonchev–Trinajstić information content (AvgIpc) is 3.05. The van der Waals surface area contributed by atoms with Crippen LogP contribution in [0.15, 0.2) is 58.5 Å². The Balaban J connectivity index is 0.0000101. The van der Waals surface area contributed by atoms with E-state index in [2.05, 4.69) is 69.3 Å². The number of rotatable bonds is 28. The van der Waals surface area contributed by atoms with Crippen molar-refractivity contribution in [3.8, 4) is 0 Å². The van der Waals surface area contributed by atoms with Crippen molar-refractivity contribution in [3.63, 3.8) is 0 Å². The van der Waals surface area contributed by atoms with Crippen LogP contribution in [0.1, 0.15) is 180 Å². The molecule has 0 spiro atoms. The molecule has 0 atom stereocenters. The summed E-state index contributed by atoms with van der Waals surface area (Å²) in [5, 5.41) is 0. The van der Waals surface area contributed by atoms with E-state index in [9.17, 15) is 0 Å². The summed E-state index contributed by atoms with van der Waals surface area (Å²) in [6, 6.07) is 17.8. The molecule has 0 aliphatic rings. The topological polar surface area (TPSA) is 24.7 Å². The molecule has 0 aliphatic heterocycles. The number of hydrogen-bond acceptors (Lipinski definition) is 2. The largest absolute Gasteiger partial charge is 0.255 e. The maximum absolute atomic E-state index is 5.03. The van der Waals surface area contributed by atoms with E-state index in [1.54, 1.807) is 0 Å². The van der Waals surface area contributed by atoms with Crippen LogP contribution in [-0.4, -0.2) is 11.9 Å². The van der Waals surface area contributed by atoms with Crippen molar-refractivity contribution in [2.75, 3.05) is 0 Å². The quantitative estimate of drug-likeness (QED) is 0.0493. The Morgan fingerprint density at radius 3 is 1.22 bits per heavy atom. The second-order valence-electron chi connectivity index (χ2n) is 13.2. The first-order valence-electron chi connectivity index (χ1n) is 19.0. The number of unbranched alkanes of at least 4 members (excludes halogenated alkanes) is 19. The minimum Gasteiger partial charge on any atom is -0.255 e. The summed E-state index contributed by atoms with van der Waals surface area (Å²) in [4.78, 5) is 9.88. The average molecular weight is 660 g/mol. The summed E-state index contributed by atoms with van der Waals surface area (Å²) in [7, 11) is 0. The second kappa shape index (κ2) is 29.7. The van der Waals surface area contributed by atoms with Gasteiger partial charge < -0.3 is 0 Å². The van der Waals surface area contributed by atoms with E-state index in [-0.39, 0.29) is 16.5 Å². The fourth-order valence-corrected chi connectivity index (χ4v) is 5.96. The minimum absolute atomic E-state index is 0. The second-order valence-corrected chi connectivity index (χ2v) is 13.2. The molecule has 2 aromatic rings. The molecule has 0 bridgehead atoms. The van der Waals surface area contributed by atoms with Crippen LogP contribution in [0, 0.1) is 0 Å². The van der Waals surface area contributed by atoms with E-state index in [0.717, 1.165) is 23.5 Å². The SMILES string of the molecule is CCCCCCCCCCCc1ccc(N=CC(CCCCCC)=Nc2ccc(CCCCCCCCCCC)cc2)cc1.[Ni]. The van der Waals surface area contributed by atoms with Gasteiger partial charge in [0.25, 0.3) is 0 Å². The summed E-state index contributed by atoms with van der Waals surface area (Å²) in [5.41, 5.74) is 6.04. The number of hydrogen-bond donors (Lipinski definition) is 0. The van der Waals surface area contributed by atoms with Gasteiger partial charge in [0.1, 0.15) is 0 Å². The molecular weight excluding hydrogens is 591 g/mol. The molecule has 0 unspecified atom stereocenters. The van der Waals surface area contributed by atoms with E-state index in [1.807, 2.05) is 6.21 Å². The van der Waals surface area contributed by atoms with Gasteiger partial charge in [0.2, 0.25) is 0 Å². The Morgan fingerprint density at radius 1 is 0.444 bits per heavy atom. The van der Waals surface area contributed by atoms with E-state index >= 15 is 0 Å². The smallest absolute Gasteiger partial charge is 0.0633 e. The Kier molecular flexibility index (Phi) is 27.2. The van der Waals surface area contributed by atoms with Gasteiger partial charge in [0.05, 0.1) is 17.1 Å². The molecule has 0 saturated carbocycles. The van der Waals surface area contributed by atoms with Crippen LogP contribution in [0.5, 0.6) is 0 Å². The molecular formula is C42H68N2Ni. The zero-order chi connectivity index (χ0) is 31.3. The van der Waals surface area contributed by atoms with Gasteiger partial charge in [-0.1, -0.05) is 167 Å². The van der Waals surface area contributed by atoms with Crippen molar-refractivity contribution in [1.29, 1.82) is 0 Å². The fourth-order valence-electron chi connectivity index (χ4n) is 5.96. The summed E-state index contributed by atoms with van der Waals surface area (Å²) >= 11 is 0. The third-order valence-corrected chi connectivity index (χ3v) is 8.93. The van der Waals surface area contributed by atoms with E-state index in [1.165, 1.54) is 165 Å². The van der Waals surface area contributed by atoms with Crippen LogP contribution in [0.2, 0.25) is 0 Å². The van der Waals surface area contributed by atoms with Crippen molar-refractivity contribution < 1.29 is 16.5 Å². The first-order valence-corrected chi connectivity index (χ1v) is 19.0. The summed E-state index contributed by atoms with van der Waals surface area (Å²) < 4.78 is 0. The first kappa shape index (κ1) is 41.3. The molecule has 2 aromatic carbocycles. The van der Waals surface area contributed by atoms with Gasteiger partial charge in [0.15, 0.2) is 0 Å². The molecule has 0 amide bonds. The van der Waals surface area contributed by atoms with Gasteiger partial charge in [-0.2, -0.15) is 0 Å². The van der Waals surface area contributed by atoms with Gasteiger partial charge in [-0.05, 0) is 73.9 Å². The van der Waals surface area contributed by atoms with Crippen LogP contribution in [0.3, 0.4) is 0 Å². The maximum atomic E-state index is 5.03. The van der Waals surface area contributed by atoms with Gasteiger partial charge in [-0.25, -0.2) is 0 Å². The summed E-state index contributed by atoms with van der Waals surface area (Å²) in [6.45, 7) is 6.85. The van der Waals surface area contributed by atoms with Gasteiger partial charge in [-0.15, -0.1) is 0 Å². The number of aryl methyl sites for hydroxylation is 2. The fraction of sp³-hybridized carbons (Fsp3) is 0.667. The van der Waals surface area contributed by atoms with Crippen molar-refractivity contribution in [2.24, 2.45) is 9.98 Å². The third-order valence-electron chi connectivity index (χ3n) is 8.93. The molecule has 0 saturated heterocycles. The Morgan fingerprint density at radius 2 is 0.800 bits per heavy atom. The van der Waals surface area contributed by atoms with Gasteiger partial charge >= 0.3 is 0 Å². The summed E-state index contributed by atoms with van der Waals surface area (Å²) in [5.74, 6) is 0. The van der Waals surface area contributed by atoms with Crippen LogP contribution in [0.25, 0.3) is 0 Å². The van der Waals surface area contributed by atoms with E-state index < -0.39 is 0 Å². The normalized spacial score (nSPS) is 11.8. The molecule has 45 heavy (non-hydrogen) atoms. The Bertz CT molecular complexity index is 977. The first-order chi connectivity index (χ1) is 21.7. The van der Waals surface area contributed by atoms with Crippen molar-refractivity contribution in [3.05, 3.63) is 59.7 Å². The number of aliphatic imine (C=N–C) groups is 2. The zero-order valence-electron chi connectivity index (χ0n) is 29.6. The van der Waals surface area contributed by atoms with Crippen LogP contribution < -0.4 is 0 Å². The molecule has 0 fully saturated rings. The molecule has 0 aliphatic carbocycles. The molecule has 0 radical (unpaired) electrons. The van der Waals surface area contributed by atoms with Crippen molar-refractivity contribution in [2.45, 2.75) is 181 Å². The maximum Gasteiger partial charge on any atom is 0.0633 e. The monoisotopic (exact) mass is 658 g/mol. The number of benzene rings is 2. The molecule has 2 rings (SSSR count). The predicted molar refractivity (Wildman–Crippen MR) is 199 cm³/mol. The molecule has 256 valence electrons. The molecule has 0 heterocycles. The van der Waals surface area contributed by atoms with Crippen LogP contribution in [0.4, 0.5) is 11.4 Å².